The Morgan fingerprint density at radius 2 is 1.67 bits per heavy atom. The zero-order valence-electron chi connectivity index (χ0n) is 10.9. The van der Waals surface area contributed by atoms with E-state index in [1.165, 1.54) is 5.56 Å². The van der Waals surface area contributed by atoms with Gasteiger partial charge in [0, 0.05) is 11.3 Å². The van der Waals surface area contributed by atoms with Gasteiger partial charge in [0.15, 0.2) is 0 Å². The summed E-state index contributed by atoms with van der Waals surface area (Å²) in [4.78, 5) is 12.1. The minimum atomic E-state index is -0.0642. The summed E-state index contributed by atoms with van der Waals surface area (Å²) in [6.45, 7) is 6.02. The van der Waals surface area contributed by atoms with Crippen molar-refractivity contribution in [1.29, 1.82) is 0 Å². The molecular formula is C16H17NO. The van der Waals surface area contributed by atoms with Crippen molar-refractivity contribution in [3.8, 4) is 0 Å². The van der Waals surface area contributed by atoms with Gasteiger partial charge in [0.2, 0.25) is 0 Å². The first-order valence-corrected chi connectivity index (χ1v) is 6.01. The highest BCUT2D eigenvalue weighted by molar-refractivity contribution is 6.04. The largest absolute Gasteiger partial charge is 0.322 e. The van der Waals surface area contributed by atoms with Crippen molar-refractivity contribution in [2.75, 3.05) is 5.32 Å². The SMILES string of the molecule is Cc1cccc(C(=O)Nc2ccc(C)cc2C)c1. The van der Waals surface area contributed by atoms with E-state index in [9.17, 15) is 4.79 Å². The standard InChI is InChI=1S/C16H17NO/c1-11-5-4-6-14(10-11)16(18)17-15-8-7-12(2)9-13(15)3/h4-10H,1-3H3,(H,17,18). The number of amides is 1. The van der Waals surface area contributed by atoms with Crippen LogP contribution in [-0.4, -0.2) is 5.91 Å². The molecular weight excluding hydrogens is 222 g/mol. The van der Waals surface area contributed by atoms with E-state index in [2.05, 4.69) is 11.4 Å². The Morgan fingerprint density at radius 3 is 2.33 bits per heavy atom. The summed E-state index contributed by atoms with van der Waals surface area (Å²) < 4.78 is 0. The van der Waals surface area contributed by atoms with Gasteiger partial charge in [0.1, 0.15) is 0 Å². The lowest BCUT2D eigenvalue weighted by Gasteiger charge is -2.09. The van der Waals surface area contributed by atoms with Gasteiger partial charge < -0.3 is 5.32 Å². The summed E-state index contributed by atoms with van der Waals surface area (Å²) >= 11 is 0. The number of carbonyl (C=O) groups is 1. The number of hydrogen-bond acceptors (Lipinski definition) is 1. The van der Waals surface area contributed by atoms with Gasteiger partial charge in [-0.15, -0.1) is 0 Å². The molecule has 2 aromatic rings. The summed E-state index contributed by atoms with van der Waals surface area (Å²) in [7, 11) is 0. The molecule has 1 amide bonds. The van der Waals surface area contributed by atoms with Gasteiger partial charge in [-0.1, -0.05) is 35.4 Å². The Bertz CT molecular complexity index is 587. The molecule has 0 atom stereocenters. The van der Waals surface area contributed by atoms with Crippen LogP contribution in [0.5, 0.6) is 0 Å². The zero-order valence-corrected chi connectivity index (χ0v) is 10.9. The number of benzene rings is 2. The maximum absolute atomic E-state index is 12.1. The van der Waals surface area contributed by atoms with Crippen molar-refractivity contribution < 1.29 is 4.79 Å². The second-order valence-electron chi connectivity index (χ2n) is 4.64. The van der Waals surface area contributed by atoms with Crippen molar-refractivity contribution in [2.45, 2.75) is 20.8 Å². The molecule has 0 heterocycles. The fourth-order valence-electron chi connectivity index (χ4n) is 1.93. The highest BCUT2D eigenvalue weighted by Gasteiger charge is 2.07. The molecule has 0 saturated heterocycles. The van der Waals surface area contributed by atoms with Crippen molar-refractivity contribution in [3.05, 3.63) is 64.7 Å². The average molecular weight is 239 g/mol. The molecule has 1 N–H and O–H groups in total. The van der Waals surface area contributed by atoms with E-state index < -0.39 is 0 Å². The molecule has 2 aromatic carbocycles. The van der Waals surface area contributed by atoms with Crippen LogP contribution in [0.1, 0.15) is 27.0 Å². The molecule has 0 aliphatic heterocycles. The number of carbonyl (C=O) groups excluding carboxylic acids is 1. The molecule has 0 fully saturated rings. The summed E-state index contributed by atoms with van der Waals surface area (Å²) in [5, 5.41) is 2.94. The molecule has 0 aromatic heterocycles. The maximum atomic E-state index is 12.1. The first-order chi connectivity index (χ1) is 8.56. The third-order valence-electron chi connectivity index (χ3n) is 2.91. The van der Waals surface area contributed by atoms with E-state index in [0.29, 0.717) is 5.56 Å². The van der Waals surface area contributed by atoms with E-state index in [1.54, 1.807) is 0 Å². The van der Waals surface area contributed by atoms with E-state index >= 15 is 0 Å². The number of hydrogen-bond donors (Lipinski definition) is 1. The van der Waals surface area contributed by atoms with Gasteiger partial charge >= 0.3 is 0 Å². The van der Waals surface area contributed by atoms with E-state index in [4.69, 9.17) is 0 Å². The molecule has 0 aliphatic carbocycles. The number of nitrogens with one attached hydrogen (secondary N) is 1. The predicted octanol–water partition coefficient (Wildman–Crippen LogP) is 3.86. The van der Waals surface area contributed by atoms with Crippen LogP contribution < -0.4 is 5.32 Å². The van der Waals surface area contributed by atoms with Crippen LogP contribution >= 0.6 is 0 Å². The molecule has 0 radical (unpaired) electrons. The van der Waals surface area contributed by atoms with Crippen LogP contribution in [-0.2, 0) is 0 Å². The molecule has 0 aliphatic rings. The minimum absolute atomic E-state index is 0.0642. The third-order valence-corrected chi connectivity index (χ3v) is 2.91. The maximum Gasteiger partial charge on any atom is 0.255 e. The summed E-state index contributed by atoms with van der Waals surface area (Å²) in [5.74, 6) is -0.0642. The van der Waals surface area contributed by atoms with Crippen LogP contribution in [0.15, 0.2) is 42.5 Å². The summed E-state index contributed by atoms with van der Waals surface area (Å²) in [5.41, 5.74) is 4.92. The smallest absolute Gasteiger partial charge is 0.255 e. The highest BCUT2D eigenvalue weighted by atomic mass is 16.1. The molecule has 2 rings (SSSR count). The monoisotopic (exact) mass is 239 g/mol. The van der Waals surface area contributed by atoms with Crippen molar-refractivity contribution in [3.63, 3.8) is 0 Å². The summed E-state index contributed by atoms with van der Waals surface area (Å²) in [6.07, 6.45) is 0. The number of anilines is 1. The van der Waals surface area contributed by atoms with Crippen LogP contribution in [0.25, 0.3) is 0 Å². The second kappa shape index (κ2) is 5.05. The lowest BCUT2D eigenvalue weighted by atomic mass is 10.1. The lowest BCUT2D eigenvalue weighted by Crippen LogP contribution is -2.12. The third kappa shape index (κ3) is 2.77. The molecule has 92 valence electrons. The Hall–Kier alpha value is -2.09. The van der Waals surface area contributed by atoms with Gasteiger partial charge in [-0.2, -0.15) is 0 Å². The molecule has 18 heavy (non-hydrogen) atoms. The first kappa shape index (κ1) is 12.4. The Labute approximate surface area is 108 Å². The molecule has 0 unspecified atom stereocenters. The molecule has 0 saturated carbocycles. The second-order valence-corrected chi connectivity index (χ2v) is 4.64. The normalized spacial score (nSPS) is 10.2. The Kier molecular flexibility index (Phi) is 3.47. The van der Waals surface area contributed by atoms with Gasteiger partial charge in [0.05, 0.1) is 0 Å². The topological polar surface area (TPSA) is 29.1 Å². The van der Waals surface area contributed by atoms with Crippen LogP contribution in [0, 0.1) is 20.8 Å². The first-order valence-electron chi connectivity index (χ1n) is 6.01. The van der Waals surface area contributed by atoms with E-state index in [1.807, 2.05) is 57.2 Å². The lowest BCUT2D eigenvalue weighted by molar-refractivity contribution is 0.102. The summed E-state index contributed by atoms with van der Waals surface area (Å²) in [6, 6.07) is 13.6. The van der Waals surface area contributed by atoms with Crippen molar-refractivity contribution in [2.24, 2.45) is 0 Å². The van der Waals surface area contributed by atoms with E-state index in [-0.39, 0.29) is 5.91 Å². The zero-order chi connectivity index (χ0) is 13.1. The molecule has 0 spiro atoms. The minimum Gasteiger partial charge on any atom is -0.322 e. The van der Waals surface area contributed by atoms with Crippen molar-refractivity contribution >= 4 is 11.6 Å². The van der Waals surface area contributed by atoms with Gasteiger partial charge in [-0.05, 0) is 44.5 Å². The van der Waals surface area contributed by atoms with Crippen LogP contribution in [0.2, 0.25) is 0 Å². The fourth-order valence-corrected chi connectivity index (χ4v) is 1.93. The van der Waals surface area contributed by atoms with Gasteiger partial charge in [-0.3, -0.25) is 4.79 Å². The Morgan fingerprint density at radius 1 is 0.944 bits per heavy atom. The highest BCUT2D eigenvalue weighted by Crippen LogP contribution is 2.17. The molecule has 0 bridgehead atoms. The quantitative estimate of drug-likeness (QED) is 0.847. The van der Waals surface area contributed by atoms with Crippen LogP contribution in [0.4, 0.5) is 5.69 Å². The van der Waals surface area contributed by atoms with E-state index in [0.717, 1.165) is 16.8 Å². The van der Waals surface area contributed by atoms with Crippen molar-refractivity contribution in [1.82, 2.24) is 0 Å². The molecule has 2 heteroatoms. The van der Waals surface area contributed by atoms with Gasteiger partial charge in [0.25, 0.3) is 5.91 Å². The fraction of sp³-hybridized carbons (Fsp3) is 0.188. The Balaban J connectivity index is 2.21. The average Bonchev–Trinajstić information content (AvgIpc) is 2.32. The number of aryl methyl sites for hydroxylation is 3. The predicted molar refractivity (Wildman–Crippen MR) is 75.0 cm³/mol. The van der Waals surface area contributed by atoms with Crippen LogP contribution in [0.3, 0.4) is 0 Å². The van der Waals surface area contributed by atoms with Gasteiger partial charge in [-0.25, -0.2) is 0 Å². The number of rotatable bonds is 2. The molecule has 2 nitrogen and oxygen atoms in total.